The standard InChI is InChI=1S/C40H66N2O9/c1-8-32(44)29(4)37-33(49-37)26-39(5,47)19-12-13-27(2)36-28(3)14-15-34(40(6,48-7)20-16-31(43)25-35(45)51-36)50-38(46)42-23-17-30(18-24-42)41-21-10-9-11-22-41/h12-15,19,28-34,36-37,43-44,47H,8-11,16-18,20-26H2,1-7H3/b15-14-,19-12+,27-13+. The van der Waals surface area contributed by atoms with Crippen LogP contribution in [0.1, 0.15) is 106 Å². The van der Waals surface area contributed by atoms with E-state index in [0.29, 0.717) is 38.4 Å². The highest BCUT2D eigenvalue weighted by Gasteiger charge is 2.47. The molecule has 4 aliphatic rings. The van der Waals surface area contributed by atoms with Gasteiger partial charge in [-0.3, -0.25) is 4.79 Å². The lowest BCUT2D eigenvalue weighted by Gasteiger charge is -2.41. The fraction of sp³-hybridized carbons (Fsp3) is 0.800. The van der Waals surface area contributed by atoms with Crippen LogP contribution in [0.4, 0.5) is 4.79 Å². The summed E-state index contributed by atoms with van der Waals surface area (Å²) in [6.07, 6.45) is 12.8. The van der Waals surface area contributed by atoms with Gasteiger partial charge in [-0.2, -0.15) is 0 Å². The molecule has 0 bridgehead atoms. The van der Waals surface area contributed by atoms with Gasteiger partial charge in [0.25, 0.3) is 0 Å². The summed E-state index contributed by atoms with van der Waals surface area (Å²) in [5.41, 5.74) is -1.33. The number of rotatable bonds is 11. The summed E-state index contributed by atoms with van der Waals surface area (Å²) in [7, 11) is 1.58. The molecule has 11 heteroatoms. The van der Waals surface area contributed by atoms with E-state index in [1.807, 2.05) is 52.8 Å². The molecule has 4 rings (SSSR count). The van der Waals surface area contributed by atoms with Gasteiger partial charge in [0, 0.05) is 44.5 Å². The summed E-state index contributed by atoms with van der Waals surface area (Å²) >= 11 is 0. The van der Waals surface area contributed by atoms with Crippen LogP contribution in [0.15, 0.2) is 36.0 Å². The molecule has 0 spiro atoms. The number of epoxide rings is 1. The molecule has 0 aliphatic carbocycles. The minimum absolute atomic E-state index is 0.00233. The van der Waals surface area contributed by atoms with Crippen molar-refractivity contribution in [3.63, 3.8) is 0 Å². The van der Waals surface area contributed by atoms with Crippen molar-refractivity contribution in [3.8, 4) is 0 Å². The van der Waals surface area contributed by atoms with E-state index in [4.69, 9.17) is 18.9 Å². The zero-order chi connectivity index (χ0) is 37.3. The Morgan fingerprint density at radius 2 is 1.84 bits per heavy atom. The number of hydrogen-bond donors (Lipinski definition) is 3. The average Bonchev–Trinajstić information content (AvgIpc) is 3.88. The second-order valence-corrected chi connectivity index (χ2v) is 16.0. The number of aliphatic hydroxyl groups is 3. The molecule has 0 aromatic rings. The van der Waals surface area contributed by atoms with Gasteiger partial charge < -0.3 is 44.1 Å². The van der Waals surface area contributed by atoms with Gasteiger partial charge in [0.2, 0.25) is 0 Å². The van der Waals surface area contributed by atoms with Gasteiger partial charge >= 0.3 is 12.1 Å². The molecule has 10 unspecified atom stereocenters. The Balaban J connectivity index is 1.45. The van der Waals surface area contributed by atoms with Gasteiger partial charge in [-0.1, -0.05) is 51.5 Å². The number of aliphatic hydroxyl groups excluding tert-OH is 2. The molecular weight excluding hydrogens is 652 g/mol. The van der Waals surface area contributed by atoms with E-state index in [2.05, 4.69) is 4.90 Å². The second kappa shape index (κ2) is 18.7. The van der Waals surface area contributed by atoms with Crippen molar-refractivity contribution in [1.29, 1.82) is 0 Å². The molecule has 3 fully saturated rings. The van der Waals surface area contributed by atoms with Gasteiger partial charge in [-0.05, 0) is 90.5 Å². The molecule has 10 atom stereocenters. The molecule has 4 aliphatic heterocycles. The topological polar surface area (TPSA) is 142 Å². The Bertz CT molecular complexity index is 1220. The number of likely N-dealkylation sites (tertiary alicyclic amines) is 2. The summed E-state index contributed by atoms with van der Waals surface area (Å²) in [6.45, 7) is 14.9. The fourth-order valence-corrected chi connectivity index (χ4v) is 7.89. The first kappa shape index (κ1) is 41.5. The smallest absolute Gasteiger partial charge is 0.410 e. The number of hydrogen-bond acceptors (Lipinski definition) is 10. The largest absolute Gasteiger partial charge is 0.457 e. The van der Waals surface area contributed by atoms with E-state index in [9.17, 15) is 24.9 Å². The first-order valence-electron chi connectivity index (χ1n) is 19.4. The Morgan fingerprint density at radius 1 is 1.16 bits per heavy atom. The summed E-state index contributed by atoms with van der Waals surface area (Å²) < 4.78 is 23.9. The molecule has 1 amide bonds. The van der Waals surface area contributed by atoms with Crippen LogP contribution in [0.25, 0.3) is 0 Å². The minimum atomic E-state index is -1.14. The summed E-state index contributed by atoms with van der Waals surface area (Å²) in [5.74, 6) is -0.824. The summed E-state index contributed by atoms with van der Waals surface area (Å²) in [5, 5.41) is 32.1. The molecule has 11 nitrogen and oxygen atoms in total. The van der Waals surface area contributed by atoms with Crippen LogP contribution in [-0.2, 0) is 23.7 Å². The van der Waals surface area contributed by atoms with E-state index in [1.165, 1.54) is 19.3 Å². The maximum absolute atomic E-state index is 13.6. The van der Waals surface area contributed by atoms with Gasteiger partial charge in [0.15, 0.2) is 6.10 Å². The third kappa shape index (κ3) is 11.9. The molecule has 3 N–H and O–H groups in total. The van der Waals surface area contributed by atoms with Crippen molar-refractivity contribution in [2.75, 3.05) is 33.3 Å². The number of esters is 1. The molecule has 0 radical (unpaired) electrons. The van der Waals surface area contributed by atoms with Crippen LogP contribution in [-0.4, -0.2) is 124 Å². The highest BCUT2D eigenvalue weighted by Crippen LogP contribution is 2.38. The number of methoxy groups -OCH3 is 1. The van der Waals surface area contributed by atoms with E-state index < -0.39 is 41.6 Å². The number of allylic oxidation sites excluding steroid dienone is 2. The average molecular weight is 719 g/mol. The van der Waals surface area contributed by atoms with E-state index in [-0.39, 0.29) is 43.0 Å². The Hall–Kier alpha value is -2.28. The molecule has 4 heterocycles. The predicted molar refractivity (Wildman–Crippen MR) is 196 cm³/mol. The van der Waals surface area contributed by atoms with Crippen molar-refractivity contribution in [1.82, 2.24) is 9.80 Å². The summed E-state index contributed by atoms with van der Waals surface area (Å²) in [4.78, 5) is 30.9. The third-order valence-corrected chi connectivity index (χ3v) is 11.7. The number of ether oxygens (including phenoxy) is 4. The van der Waals surface area contributed by atoms with Crippen molar-refractivity contribution in [3.05, 3.63) is 36.0 Å². The van der Waals surface area contributed by atoms with Crippen molar-refractivity contribution < 1.29 is 43.9 Å². The van der Waals surface area contributed by atoms with Crippen molar-refractivity contribution in [2.24, 2.45) is 11.8 Å². The number of cyclic esters (lactones) is 1. The molecule has 290 valence electrons. The SMILES string of the molecule is CCC(O)C(C)C1OC1CC(C)(O)/C=C/C=C(\C)C1OC(=O)CC(O)CCC(C)(OC)C(OC(=O)N2CCC(N3CCCCC3)CC2)/C=C\C1C. The van der Waals surface area contributed by atoms with E-state index >= 15 is 0 Å². The van der Waals surface area contributed by atoms with Gasteiger partial charge in [0.1, 0.15) is 11.7 Å². The lowest BCUT2D eigenvalue weighted by Crippen LogP contribution is -2.50. The predicted octanol–water partition coefficient (Wildman–Crippen LogP) is 5.31. The molecule has 51 heavy (non-hydrogen) atoms. The van der Waals surface area contributed by atoms with E-state index in [1.54, 1.807) is 31.1 Å². The highest BCUT2D eigenvalue weighted by atomic mass is 16.6. The van der Waals surface area contributed by atoms with Crippen LogP contribution in [0, 0.1) is 11.8 Å². The number of piperidine rings is 2. The van der Waals surface area contributed by atoms with Crippen LogP contribution >= 0.6 is 0 Å². The first-order valence-corrected chi connectivity index (χ1v) is 19.4. The molecule has 0 saturated carbocycles. The Kier molecular flexibility index (Phi) is 15.2. The number of carbonyl (C=O) groups is 2. The van der Waals surface area contributed by atoms with Gasteiger partial charge in [-0.25, -0.2) is 4.79 Å². The highest BCUT2D eigenvalue weighted by molar-refractivity contribution is 5.70. The van der Waals surface area contributed by atoms with Crippen LogP contribution in [0.3, 0.4) is 0 Å². The number of amides is 1. The molecular formula is C40H66N2O9. The maximum Gasteiger partial charge on any atom is 0.410 e. The van der Waals surface area contributed by atoms with Crippen LogP contribution < -0.4 is 0 Å². The lowest BCUT2D eigenvalue weighted by molar-refractivity contribution is -0.151. The number of nitrogens with zero attached hydrogens (tertiary/aromatic N) is 2. The van der Waals surface area contributed by atoms with Crippen molar-refractivity contribution in [2.45, 2.75) is 160 Å². The quantitative estimate of drug-likeness (QED) is 0.111. The first-order chi connectivity index (χ1) is 24.2. The minimum Gasteiger partial charge on any atom is -0.457 e. The summed E-state index contributed by atoms with van der Waals surface area (Å²) in [6, 6.07) is 0.507. The van der Waals surface area contributed by atoms with Crippen molar-refractivity contribution >= 4 is 12.1 Å². The molecule has 0 aromatic heterocycles. The second-order valence-electron chi connectivity index (χ2n) is 16.0. The maximum atomic E-state index is 13.6. The number of carbonyl (C=O) groups excluding carboxylic acids is 2. The zero-order valence-corrected chi connectivity index (χ0v) is 32.2. The van der Waals surface area contributed by atoms with Crippen LogP contribution in [0.5, 0.6) is 0 Å². The van der Waals surface area contributed by atoms with Gasteiger partial charge in [0.05, 0.1) is 36.4 Å². The van der Waals surface area contributed by atoms with E-state index in [0.717, 1.165) is 31.5 Å². The monoisotopic (exact) mass is 718 g/mol. The fourth-order valence-electron chi connectivity index (χ4n) is 7.89. The lowest BCUT2D eigenvalue weighted by atomic mass is 9.88. The molecule has 0 aromatic carbocycles. The molecule has 3 saturated heterocycles. The Morgan fingerprint density at radius 3 is 2.49 bits per heavy atom. The Labute approximate surface area is 306 Å². The van der Waals surface area contributed by atoms with Crippen LogP contribution in [0.2, 0.25) is 0 Å². The normalized spacial score (nSPS) is 35.2. The third-order valence-electron chi connectivity index (χ3n) is 11.7. The zero-order valence-electron chi connectivity index (χ0n) is 32.2. The van der Waals surface area contributed by atoms with Gasteiger partial charge in [-0.15, -0.1) is 0 Å².